The van der Waals surface area contributed by atoms with E-state index in [4.69, 9.17) is 11.6 Å². The Morgan fingerprint density at radius 2 is 1.92 bits per heavy atom. The van der Waals surface area contributed by atoms with Crippen molar-refractivity contribution in [1.29, 1.82) is 0 Å². The minimum Gasteiger partial charge on any atom is -0.352 e. The summed E-state index contributed by atoms with van der Waals surface area (Å²) in [4.78, 5) is 16.4. The molecule has 1 aromatic heterocycles. The quantitative estimate of drug-likeness (QED) is 0.787. The van der Waals surface area contributed by atoms with E-state index in [9.17, 15) is 13.2 Å². The maximum atomic E-state index is 12.5. The van der Waals surface area contributed by atoms with Gasteiger partial charge in [-0.05, 0) is 51.1 Å². The number of pyridine rings is 1. The fourth-order valence-corrected chi connectivity index (χ4v) is 4.21. The van der Waals surface area contributed by atoms with Crippen LogP contribution < -0.4 is 10.0 Å². The van der Waals surface area contributed by atoms with Crippen LogP contribution in [0.2, 0.25) is 5.02 Å². The van der Waals surface area contributed by atoms with E-state index < -0.39 is 15.6 Å². The first-order valence-electron chi connectivity index (χ1n) is 8.10. The number of hydrogen-bond donors (Lipinski definition) is 2. The summed E-state index contributed by atoms with van der Waals surface area (Å²) in [5, 5.41) is 2.82. The van der Waals surface area contributed by atoms with Crippen LogP contribution in [0.15, 0.2) is 47.5 Å². The van der Waals surface area contributed by atoms with Gasteiger partial charge in [0.15, 0.2) is 0 Å². The average molecular weight is 396 g/mol. The van der Waals surface area contributed by atoms with Gasteiger partial charge in [0, 0.05) is 36.0 Å². The molecule has 8 heteroatoms. The molecule has 0 saturated carbocycles. The summed E-state index contributed by atoms with van der Waals surface area (Å²) in [5.41, 5.74) is 0.426. The number of sulfonamides is 1. The molecule has 6 nitrogen and oxygen atoms in total. The first-order chi connectivity index (χ1) is 12.1. The molecule has 0 atom stereocenters. The van der Waals surface area contributed by atoms with Crippen LogP contribution in [0, 0.1) is 0 Å². The molecule has 2 aromatic rings. The first kappa shape index (κ1) is 20.4. The highest BCUT2D eigenvalue weighted by Crippen LogP contribution is 2.24. The van der Waals surface area contributed by atoms with Gasteiger partial charge in [0.1, 0.15) is 4.90 Å². The van der Waals surface area contributed by atoms with E-state index in [-0.39, 0.29) is 21.4 Å². The highest BCUT2D eigenvalue weighted by Gasteiger charge is 2.25. The number of nitrogens with zero attached hydrogens (tertiary/aromatic N) is 1. The van der Waals surface area contributed by atoms with E-state index in [0.29, 0.717) is 13.0 Å². The number of carbonyl (C=O) groups is 1. The first-order valence-corrected chi connectivity index (χ1v) is 9.96. The van der Waals surface area contributed by atoms with Crippen molar-refractivity contribution in [2.24, 2.45) is 0 Å². The van der Waals surface area contributed by atoms with Crippen LogP contribution in [0.1, 0.15) is 36.8 Å². The maximum Gasteiger partial charge on any atom is 0.251 e. The molecule has 26 heavy (non-hydrogen) atoms. The van der Waals surface area contributed by atoms with Crippen molar-refractivity contribution in [1.82, 2.24) is 15.0 Å². The Morgan fingerprint density at radius 1 is 1.19 bits per heavy atom. The summed E-state index contributed by atoms with van der Waals surface area (Å²) < 4.78 is 27.5. The van der Waals surface area contributed by atoms with Crippen molar-refractivity contribution in [2.45, 2.75) is 37.6 Å². The zero-order valence-corrected chi connectivity index (χ0v) is 16.5. The molecule has 0 radical (unpaired) electrons. The molecule has 0 fully saturated rings. The van der Waals surface area contributed by atoms with E-state index in [2.05, 4.69) is 15.0 Å². The van der Waals surface area contributed by atoms with Crippen molar-refractivity contribution in [2.75, 3.05) is 6.54 Å². The van der Waals surface area contributed by atoms with E-state index in [1.807, 2.05) is 18.2 Å². The Morgan fingerprint density at radius 3 is 2.54 bits per heavy atom. The predicted octanol–water partition coefficient (Wildman–Crippen LogP) is 2.78. The average Bonchev–Trinajstić information content (AvgIpc) is 2.53. The molecule has 1 aromatic carbocycles. The minimum absolute atomic E-state index is 0.0618. The molecule has 0 unspecified atom stereocenters. The Hall–Kier alpha value is -1.96. The molecule has 2 N–H and O–H groups in total. The van der Waals surface area contributed by atoms with Crippen LogP contribution in [0.4, 0.5) is 0 Å². The molecular weight excluding hydrogens is 374 g/mol. The second kappa shape index (κ2) is 8.16. The summed E-state index contributed by atoms with van der Waals surface area (Å²) in [6.45, 7) is 5.58. The standard InChI is InChI=1S/C18H22ClN3O3S/c1-18(2,3)22-26(24,25)16-12-13(7-8-15(16)19)17(23)21-11-9-14-6-4-5-10-20-14/h4-8,10,12,22H,9,11H2,1-3H3,(H,21,23). The molecule has 0 aliphatic carbocycles. The molecule has 0 bridgehead atoms. The molecule has 0 aliphatic rings. The van der Waals surface area contributed by atoms with Crippen LogP contribution in [0.3, 0.4) is 0 Å². The highest BCUT2D eigenvalue weighted by atomic mass is 35.5. The lowest BCUT2D eigenvalue weighted by atomic mass is 10.1. The lowest BCUT2D eigenvalue weighted by molar-refractivity contribution is 0.0954. The molecule has 1 heterocycles. The van der Waals surface area contributed by atoms with E-state index in [1.54, 1.807) is 27.0 Å². The Balaban J connectivity index is 2.11. The van der Waals surface area contributed by atoms with E-state index >= 15 is 0 Å². The van der Waals surface area contributed by atoms with Gasteiger partial charge in [-0.15, -0.1) is 0 Å². The third-order valence-corrected chi connectivity index (χ3v) is 5.56. The zero-order valence-electron chi connectivity index (χ0n) is 14.9. The van der Waals surface area contributed by atoms with Crippen molar-refractivity contribution in [3.8, 4) is 0 Å². The zero-order chi connectivity index (χ0) is 19.4. The van der Waals surface area contributed by atoms with Gasteiger partial charge in [0.05, 0.1) is 5.02 Å². The number of aromatic nitrogens is 1. The maximum absolute atomic E-state index is 12.5. The van der Waals surface area contributed by atoms with Gasteiger partial charge in [-0.3, -0.25) is 9.78 Å². The molecule has 2 rings (SSSR count). The number of carbonyl (C=O) groups excluding carboxylic acids is 1. The summed E-state index contributed by atoms with van der Waals surface area (Å²) in [6.07, 6.45) is 2.27. The third kappa shape index (κ3) is 5.79. The lowest BCUT2D eigenvalue weighted by Crippen LogP contribution is -2.40. The number of halogens is 1. The summed E-state index contributed by atoms with van der Waals surface area (Å²) >= 11 is 6.04. The van der Waals surface area contributed by atoms with Gasteiger partial charge in [-0.25, -0.2) is 13.1 Å². The molecule has 140 valence electrons. The Kier molecular flexibility index (Phi) is 6.39. The second-order valence-electron chi connectivity index (χ2n) is 6.83. The van der Waals surface area contributed by atoms with Gasteiger partial charge >= 0.3 is 0 Å². The van der Waals surface area contributed by atoms with Gasteiger partial charge in [-0.1, -0.05) is 17.7 Å². The third-order valence-electron chi connectivity index (χ3n) is 3.32. The van der Waals surface area contributed by atoms with Crippen LogP contribution in [0.25, 0.3) is 0 Å². The van der Waals surface area contributed by atoms with Crippen molar-refractivity contribution in [3.05, 3.63) is 58.9 Å². The van der Waals surface area contributed by atoms with Gasteiger partial charge in [-0.2, -0.15) is 0 Å². The van der Waals surface area contributed by atoms with Crippen LogP contribution in [-0.2, 0) is 16.4 Å². The largest absolute Gasteiger partial charge is 0.352 e. The summed E-state index contributed by atoms with van der Waals surface area (Å²) in [7, 11) is -3.84. The highest BCUT2D eigenvalue weighted by molar-refractivity contribution is 7.89. The van der Waals surface area contributed by atoms with Crippen LogP contribution in [0.5, 0.6) is 0 Å². The monoisotopic (exact) mass is 395 g/mol. The topological polar surface area (TPSA) is 88.2 Å². The predicted molar refractivity (Wildman–Crippen MR) is 102 cm³/mol. The van der Waals surface area contributed by atoms with Gasteiger partial charge in [0.2, 0.25) is 10.0 Å². The number of rotatable bonds is 6. The van der Waals surface area contributed by atoms with Crippen molar-refractivity contribution >= 4 is 27.5 Å². The van der Waals surface area contributed by atoms with Crippen LogP contribution in [-0.4, -0.2) is 31.4 Å². The minimum atomic E-state index is -3.84. The Bertz CT molecular complexity index is 878. The lowest BCUT2D eigenvalue weighted by Gasteiger charge is -2.21. The fourth-order valence-electron chi connectivity index (χ4n) is 2.26. The van der Waals surface area contributed by atoms with Gasteiger partial charge < -0.3 is 5.32 Å². The van der Waals surface area contributed by atoms with E-state index in [1.165, 1.54) is 18.2 Å². The molecular formula is C18H22ClN3O3S. The molecule has 0 spiro atoms. The smallest absolute Gasteiger partial charge is 0.251 e. The summed E-state index contributed by atoms with van der Waals surface area (Å²) in [5.74, 6) is -0.371. The van der Waals surface area contributed by atoms with Crippen LogP contribution >= 0.6 is 11.6 Å². The SMILES string of the molecule is CC(C)(C)NS(=O)(=O)c1cc(C(=O)NCCc2ccccn2)ccc1Cl. The fraction of sp³-hybridized carbons (Fsp3) is 0.333. The molecule has 1 amide bonds. The number of amides is 1. The van der Waals surface area contributed by atoms with Crippen molar-refractivity contribution < 1.29 is 13.2 Å². The normalized spacial score (nSPS) is 12.0. The summed E-state index contributed by atoms with van der Waals surface area (Å²) in [6, 6.07) is 9.76. The molecule has 0 saturated heterocycles. The molecule has 0 aliphatic heterocycles. The number of hydrogen-bond acceptors (Lipinski definition) is 4. The second-order valence-corrected chi connectivity index (χ2v) is 8.89. The van der Waals surface area contributed by atoms with Crippen molar-refractivity contribution in [3.63, 3.8) is 0 Å². The number of nitrogens with one attached hydrogen (secondary N) is 2. The van der Waals surface area contributed by atoms with Gasteiger partial charge in [0.25, 0.3) is 5.91 Å². The van der Waals surface area contributed by atoms with E-state index in [0.717, 1.165) is 5.69 Å². The Labute approximate surface area is 159 Å². The number of benzene rings is 1.